The number of carbonyl (C=O) groups excluding carboxylic acids is 2. The molecule has 1 aliphatic heterocycles. The molecule has 4 fully saturated rings. The van der Waals surface area contributed by atoms with E-state index in [4.69, 9.17) is 4.74 Å². The van der Waals surface area contributed by atoms with Crippen LogP contribution >= 0.6 is 0 Å². The molecule has 7 atom stereocenters. The highest BCUT2D eigenvalue weighted by Gasteiger charge is 2.60. The van der Waals surface area contributed by atoms with Crippen LogP contribution in [-0.4, -0.2) is 76.3 Å². The molecule has 1 heterocycles. The molecule has 0 spiro atoms. The Morgan fingerprint density at radius 3 is 2.41 bits per heavy atom. The second-order valence-corrected chi connectivity index (χ2v) is 11.9. The Bertz CT molecular complexity index is 743. The van der Waals surface area contributed by atoms with Crippen molar-refractivity contribution in [2.24, 2.45) is 22.7 Å². The number of carbonyl (C=O) groups is 2. The van der Waals surface area contributed by atoms with Crippen molar-refractivity contribution >= 4 is 12.0 Å². The van der Waals surface area contributed by atoms with E-state index in [1.807, 2.05) is 6.92 Å². The summed E-state index contributed by atoms with van der Waals surface area (Å²) in [5.41, 5.74) is -0.981. The predicted molar refractivity (Wildman–Crippen MR) is 127 cm³/mol. The molecule has 0 unspecified atom stereocenters. The molecular formula is C26H44N2O6. The van der Waals surface area contributed by atoms with Gasteiger partial charge in [0.2, 0.25) is 5.91 Å². The van der Waals surface area contributed by atoms with Gasteiger partial charge in [-0.25, -0.2) is 4.79 Å². The van der Waals surface area contributed by atoms with Crippen LogP contribution in [0.25, 0.3) is 0 Å². The zero-order valence-corrected chi connectivity index (χ0v) is 20.9. The maximum Gasteiger partial charge on any atom is 0.407 e. The van der Waals surface area contributed by atoms with Crippen molar-refractivity contribution < 1.29 is 29.6 Å². The Labute approximate surface area is 203 Å². The van der Waals surface area contributed by atoms with Gasteiger partial charge in [0.1, 0.15) is 6.10 Å². The van der Waals surface area contributed by atoms with Gasteiger partial charge in [0.05, 0.1) is 18.8 Å². The number of ether oxygens (including phenoxy) is 1. The average molecular weight is 481 g/mol. The third kappa shape index (κ3) is 4.96. The van der Waals surface area contributed by atoms with Gasteiger partial charge in [-0.15, -0.1) is 0 Å². The minimum Gasteiger partial charge on any atom is -0.446 e. The summed E-state index contributed by atoms with van der Waals surface area (Å²) in [4.78, 5) is 27.5. The summed E-state index contributed by atoms with van der Waals surface area (Å²) >= 11 is 0. The Morgan fingerprint density at radius 1 is 1.03 bits per heavy atom. The van der Waals surface area contributed by atoms with Crippen molar-refractivity contribution in [3.63, 3.8) is 0 Å². The van der Waals surface area contributed by atoms with Gasteiger partial charge in [-0.1, -0.05) is 33.1 Å². The Kier molecular flexibility index (Phi) is 7.80. The quantitative estimate of drug-likeness (QED) is 0.480. The van der Waals surface area contributed by atoms with E-state index in [0.29, 0.717) is 32.4 Å². The molecule has 4 rings (SSSR count). The molecule has 0 aromatic rings. The Hall–Kier alpha value is -1.38. The van der Waals surface area contributed by atoms with Crippen molar-refractivity contribution in [3.8, 4) is 0 Å². The SMILES string of the molecule is C[C@]1(CO)[C@H]2CC[C@@H](O)[C@@H](CC(=O)N3CC[C@@H](O)C3)[C@]2(C)CC[C@H]1OC(=O)NC1CCCCC1. The first-order chi connectivity index (χ1) is 16.2. The lowest BCUT2D eigenvalue weighted by Crippen LogP contribution is -2.61. The summed E-state index contributed by atoms with van der Waals surface area (Å²) in [7, 11) is 0. The molecule has 3 aliphatic carbocycles. The van der Waals surface area contributed by atoms with Gasteiger partial charge in [0.15, 0.2) is 0 Å². The minimum atomic E-state index is -0.637. The maximum absolute atomic E-state index is 13.0. The first-order valence-electron chi connectivity index (χ1n) is 13.4. The number of hydrogen-bond acceptors (Lipinski definition) is 6. The monoisotopic (exact) mass is 480 g/mol. The summed E-state index contributed by atoms with van der Waals surface area (Å²) in [5, 5.41) is 34.4. The number of alkyl carbamates (subject to hydrolysis) is 1. The van der Waals surface area contributed by atoms with Crippen molar-refractivity contribution in [2.75, 3.05) is 19.7 Å². The normalized spacial score (nSPS) is 41.1. The van der Waals surface area contributed by atoms with Crippen LogP contribution in [0.4, 0.5) is 4.79 Å². The van der Waals surface area contributed by atoms with E-state index in [1.165, 1.54) is 6.42 Å². The minimum absolute atomic E-state index is 0.0154. The van der Waals surface area contributed by atoms with Gasteiger partial charge >= 0.3 is 6.09 Å². The maximum atomic E-state index is 13.0. The second kappa shape index (κ2) is 10.3. The molecule has 0 bridgehead atoms. The lowest BCUT2D eigenvalue weighted by molar-refractivity contribution is -0.187. The first kappa shape index (κ1) is 25.7. The zero-order chi connectivity index (χ0) is 24.5. The van der Waals surface area contributed by atoms with Gasteiger partial charge in [0, 0.05) is 31.0 Å². The van der Waals surface area contributed by atoms with Crippen molar-refractivity contribution in [3.05, 3.63) is 0 Å². The van der Waals surface area contributed by atoms with E-state index < -0.39 is 29.8 Å². The third-order valence-corrected chi connectivity index (χ3v) is 9.76. The van der Waals surface area contributed by atoms with Crippen molar-refractivity contribution in [2.45, 2.75) is 109 Å². The number of nitrogens with zero attached hydrogens (tertiary/aromatic N) is 1. The summed E-state index contributed by atoms with van der Waals surface area (Å²) in [6.07, 6.45) is 7.07. The Balaban J connectivity index is 1.46. The predicted octanol–water partition coefficient (Wildman–Crippen LogP) is 2.58. The van der Waals surface area contributed by atoms with Crippen LogP contribution in [0.15, 0.2) is 0 Å². The third-order valence-electron chi connectivity index (χ3n) is 9.76. The molecule has 194 valence electrons. The number of hydrogen-bond donors (Lipinski definition) is 4. The fourth-order valence-corrected chi connectivity index (χ4v) is 7.64. The molecule has 34 heavy (non-hydrogen) atoms. The summed E-state index contributed by atoms with van der Waals surface area (Å²) in [6, 6.07) is 0.166. The molecular weight excluding hydrogens is 436 g/mol. The van der Waals surface area contributed by atoms with Crippen LogP contribution in [-0.2, 0) is 9.53 Å². The number of β-amino-alcohol motifs (C(OH)–C–C–N with tert-alkyl or cyclic N) is 1. The molecule has 2 amide bonds. The number of fused-ring (bicyclic) bond motifs is 1. The van der Waals surface area contributed by atoms with Crippen LogP contribution in [0.2, 0.25) is 0 Å². The topological polar surface area (TPSA) is 119 Å². The number of aliphatic hydroxyl groups excluding tert-OH is 3. The number of amides is 2. The van der Waals surface area contributed by atoms with Crippen LogP contribution in [0, 0.1) is 22.7 Å². The largest absolute Gasteiger partial charge is 0.446 e. The lowest BCUT2D eigenvalue weighted by atomic mass is 9.46. The van der Waals surface area contributed by atoms with Crippen molar-refractivity contribution in [1.82, 2.24) is 10.2 Å². The summed E-state index contributed by atoms with van der Waals surface area (Å²) in [6.45, 7) is 4.96. The molecule has 8 heteroatoms. The van der Waals surface area contributed by atoms with Crippen LogP contribution < -0.4 is 5.32 Å². The van der Waals surface area contributed by atoms with E-state index >= 15 is 0 Å². The molecule has 8 nitrogen and oxygen atoms in total. The van der Waals surface area contributed by atoms with E-state index in [-0.39, 0.29) is 42.2 Å². The molecule has 0 radical (unpaired) electrons. The van der Waals surface area contributed by atoms with E-state index in [1.54, 1.807) is 4.90 Å². The molecule has 4 aliphatic rings. The van der Waals surface area contributed by atoms with Gasteiger partial charge in [-0.05, 0) is 62.2 Å². The van der Waals surface area contributed by atoms with Gasteiger partial charge < -0.3 is 30.3 Å². The first-order valence-corrected chi connectivity index (χ1v) is 13.4. The number of rotatable bonds is 5. The summed E-state index contributed by atoms with van der Waals surface area (Å²) < 4.78 is 5.96. The number of likely N-dealkylation sites (tertiary alicyclic amines) is 1. The van der Waals surface area contributed by atoms with Crippen LogP contribution in [0.1, 0.15) is 84.5 Å². The van der Waals surface area contributed by atoms with Gasteiger partial charge in [0.25, 0.3) is 0 Å². The standard InChI is InChI=1S/C26H44N2O6/c1-25-12-10-22(34-24(33)27-17-6-4-3-5-7-17)26(2,16-29)21(25)9-8-20(31)19(25)14-23(32)28-13-11-18(30)15-28/h17-22,29-31H,3-16H2,1-2H3,(H,27,33)/t18-,19-,20-,21+,22-,25+,26+/m1/s1. The summed E-state index contributed by atoms with van der Waals surface area (Å²) in [5.74, 6) is -0.214. The van der Waals surface area contributed by atoms with Crippen LogP contribution in [0.3, 0.4) is 0 Å². The van der Waals surface area contributed by atoms with Crippen LogP contribution in [0.5, 0.6) is 0 Å². The number of nitrogens with one attached hydrogen (secondary N) is 1. The molecule has 3 saturated carbocycles. The highest BCUT2D eigenvalue weighted by Crippen LogP contribution is 2.61. The fraction of sp³-hybridized carbons (Fsp3) is 0.923. The highest BCUT2D eigenvalue weighted by atomic mass is 16.6. The zero-order valence-electron chi connectivity index (χ0n) is 20.9. The van der Waals surface area contributed by atoms with Gasteiger partial charge in [-0.3, -0.25) is 4.79 Å². The smallest absolute Gasteiger partial charge is 0.407 e. The highest BCUT2D eigenvalue weighted by molar-refractivity contribution is 5.77. The van der Waals surface area contributed by atoms with E-state index in [0.717, 1.165) is 38.5 Å². The van der Waals surface area contributed by atoms with Crippen molar-refractivity contribution in [1.29, 1.82) is 0 Å². The second-order valence-electron chi connectivity index (χ2n) is 11.9. The molecule has 1 saturated heterocycles. The Morgan fingerprint density at radius 2 is 1.76 bits per heavy atom. The van der Waals surface area contributed by atoms with Gasteiger partial charge in [-0.2, -0.15) is 0 Å². The fourth-order valence-electron chi connectivity index (χ4n) is 7.64. The molecule has 0 aromatic heterocycles. The molecule has 4 N–H and O–H groups in total. The molecule has 0 aromatic carbocycles. The lowest BCUT2D eigenvalue weighted by Gasteiger charge is -2.60. The number of aliphatic hydroxyl groups is 3. The van der Waals surface area contributed by atoms with E-state index in [9.17, 15) is 24.9 Å². The van der Waals surface area contributed by atoms with E-state index in [2.05, 4.69) is 12.2 Å². The average Bonchev–Trinajstić information content (AvgIpc) is 3.25.